The van der Waals surface area contributed by atoms with E-state index >= 15 is 0 Å². The SMILES string of the molecule is [2H]C([2H])([2H])n1cc(Nc2ncc3ccn([C@@H](C)COC)c3n2)c(OC2C(C)(C)C(O)C2(C)C)n1. The molecule has 0 aromatic carbocycles. The first-order valence-electron chi connectivity index (χ1n) is 11.8. The summed E-state index contributed by atoms with van der Waals surface area (Å²) in [5, 5.41) is 18.7. The van der Waals surface area contributed by atoms with Crippen LogP contribution in [0.1, 0.15) is 44.8 Å². The number of rotatable bonds is 7. The molecule has 3 heterocycles. The quantitative estimate of drug-likeness (QED) is 0.592. The van der Waals surface area contributed by atoms with E-state index in [0.29, 0.717) is 12.3 Å². The number of nitrogens with zero attached hydrogens (tertiary/aromatic N) is 5. The average Bonchev–Trinajstić information content (AvgIpc) is 3.35. The fourth-order valence-electron chi connectivity index (χ4n) is 4.85. The molecule has 168 valence electrons. The Morgan fingerprint density at radius 3 is 2.74 bits per heavy atom. The highest BCUT2D eigenvalue weighted by molar-refractivity contribution is 5.77. The molecule has 0 amide bonds. The zero-order valence-corrected chi connectivity index (χ0v) is 18.7. The van der Waals surface area contributed by atoms with Crippen molar-refractivity contribution in [3.8, 4) is 5.88 Å². The predicted octanol–water partition coefficient (Wildman–Crippen LogP) is 3.29. The van der Waals surface area contributed by atoms with Gasteiger partial charge in [-0.3, -0.25) is 4.68 Å². The summed E-state index contributed by atoms with van der Waals surface area (Å²) in [5.41, 5.74) is -0.0140. The van der Waals surface area contributed by atoms with Crippen LogP contribution in [0.25, 0.3) is 11.0 Å². The van der Waals surface area contributed by atoms with Crippen molar-refractivity contribution in [2.75, 3.05) is 19.0 Å². The summed E-state index contributed by atoms with van der Waals surface area (Å²) in [6, 6.07) is 2.00. The Balaban J connectivity index is 1.68. The standard InChI is InChI=1S/C22H32N6O3/c1-13(12-30-7)28-9-8-14-10-23-20(25-16(14)28)24-15-11-27(6)26-17(15)31-19-21(2,3)18(29)22(19,4)5/h8-11,13,18-19,29H,12H2,1-7H3,(H,23,24,25)/t13-,18?,19?/m0/s1/i6D3. The minimum absolute atomic E-state index is 0.0666. The summed E-state index contributed by atoms with van der Waals surface area (Å²) in [6.45, 7) is 7.71. The minimum atomic E-state index is -2.49. The highest BCUT2D eigenvalue weighted by atomic mass is 16.5. The number of aliphatic hydroxyl groups is 1. The van der Waals surface area contributed by atoms with Gasteiger partial charge in [-0.25, -0.2) is 4.98 Å². The molecule has 0 unspecified atom stereocenters. The van der Waals surface area contributed by atoms with Crippen LogP contribution < -0.4 is 10.1 Å². The first-order valence-corrected chi connectivity index (χ1v) is 10.3. The van der Waals surface area contributed by atoms with Crippen LogP contribution in [0.3, 0.4) is 0 Å². The van der Waals surface area contributed by atoms with Crippen LogP contribution in [0.15, 0.2) is 24.7 Å². The van der Waals surface area contributed by atoms with Gasteiger partial charge in [-0.1, -0.05) is 27.7 Å². The zero-order chi connectivity index (χ0) is 25.1. The molecule has 0 saturated heterocycles. The third kappa shape index (κ3) is 3.55. The van der Waals surface area contributed by atoms with E-state index in [1.165, 1.54) is 6.20 Å². The van der Waals surface area contributed by atoms with Crippen molar-refractivity contribution in [2.45, 2.75) is 52.9 Å². The van der Waals surface area contributed by atoms with Gasteiger partial charge in [-0.2, -0.15) is 4.98 Å². The van der Waals surface area contributed by atoms with Crippen molar-refractivity contribution in [3.63, 3.8) is 0 Å². The Labute approximate surface area is 186 Å². The normalized spacial score (nSPS) is 24.7. The van der Waals surface area contributed by atoms with Gasteiger partial charge < -0.3 is 24.5 Å². The number of hydrogen-bond acceptors (Lipinski definition) is 7. The van der Waals surface area contributed by atoms with Crippen molar-refractivity contribution < 1.29 is 18.7 Å². The molecule has 9 heteroatoms. The summed E-state index contributed by atoms with van der Waals surface area (Å²) in [7, 11) is 1.65. The maximum Gasteiger partial charge on any atom is 0.257 e. The first-order chi connectivity index (χ1) is 15.8. The molecule has 0 radical (unpaired) electrons. The van der Waals surface area contributed by atoms with E-state index in [1.807, 2.05) is 51.4 Å². The van der Waals surface area contributed by atoms with Gasteiger partial charge in [0.15, 0.2) is 0 Å². The minimum Gasteiger partial charge on any atom is -0.470 e. The molecule has 2 N–H and O–H groups in total. The maximum absolute atomic E-state index is 10.5. The second-order valence-corrected chi connectivity index (χ2v) is 9.46. The van der Waals surface area contributed by atoms with Crippen LogP contribution in [0.5, 0.6) is 5.88 Å². The Morgan fingerprint density at radius 2 is 2.06 bits per heavy atom. The zero-order valence-electron chi connectivity index (χ0n) is 21.7. The second-order valence-electron chi connectivity index (χ2n) is 9.46. The summed E-state index contributed by atoms with van der Waals surface area (Å²) >= 11 is 0. The lowest BCUT2D eigenvalue weighted by molar-refractivity contribution is -0.237. The van der Waals surface area contributed by atoms with E-state index in [1.54, 1.807) is 13.3 Å². The third-order valence-corrected chi connectivity index (χ3v) is 6.26. The Kier molecular flexibility index (Phi) is 4.34. The molecule has 1 atom stereocenters. The van der Waals surface area contributed by atoms with Crippen molar-refractivity contribution in [3.05, 3.63) is 24.7 Å². The molecule has 3 aromatic rings. The molecule has 0 bridgehead atoms. The lowest BCUT2D eigenvalue weighted by Crippen LogP contribution is -2.69. The van der Waals surface area contributed by atoms with Gasteiger partial charge in [0.2, 0.25) is 5.95 Å². The monoisotopic (exact) mass is 431 g/mol. The molecule has 0 aliphatic heterocycles. The van der Waals surface area contributed by atoms with E-state index in [0.717, 1.165) is 15.7 Å². The molecular weight excluding hydrogens is 396 g/mol. The van der Waals surface area contributed by atoms with Gasteiger partial charge in [0, 0.05) is 46.8 Å². The van der Waals surface area contributed by atoms with E-state index in [2.05, 4.69) is 20.4 Å². The molecule has 1 aliphatic rings. The van der Waals surface area contributed by atoms with Crippen molar-refractivity contribution >= 4 is 22.7 Å². The largest absolute Gasteiger partial charge is 0.470 e. The molecule has 0 spiro atoms. The fraction of sp³-hybridized carbons (Fsp3) is 0.591. The Hall–Kier alpha value is -2.65. The number of nitrogens with one attached hydrogen (secondary N) is 1. The number of fused-ring (bicyclic) bond motifs is 1. The summed E-state index contributed by atoms with van der Waals surface area (Å²) in [6.07, 6.45) is 4.03. The lowest BCUT2D eigenvalue weighted by atomic mass is 9.51. The molecule has 1 fully saturated rings. The summed E-state index contributed by atoms with van der Waals surface area (Å²) in [4.78, 5) is 9.02. The van der Waals surface area contributed by atoms with Crippen LogP contribution in [-0.2, 0) is 11.7 Å². The van der Waals surface area contributed by atoms with Crippen LogP contribution >= 0.6 is 0 Å². The molecule has 3 aromatic heterocycles. The number of methoxy groups -OCH3 is 1. The molecule has 31 heavy (non-hydrogen) atoms. The smallest absolute Gasteiger partial charge is 0.257 e. The predicted molar refractivity (Wildman–Crippen MR) is 119 cm³/mol. The molecule has 1 aliphatic carbocycles. The van der Waals surface area contributed by atoms with E-state index < -0.39 is 23.9 Å². The number of aliphatic hydroxyl groups excluding tert-OH is 1. The number of anilines is 2. The number of ether oxygens (including phenoxy) is 2. The lowest BCUT2D eigenvalue weighted by Gasteiger charge is -2.60. The van der Waals surface area contributed by atoms with Gasteiger partial charge >= 0.3 is 0 Å². The van der Waals surface area contributed by atoms with Crippen LogP contribution in [0.2, 0.25) is 0 Å². The van der Waals surface area contributed by atoms with Crippen LogP contribution in [0, 0.1) is 10.8 Å². The van der Waals surface area contributed by atoms with E-state index in [4.69, 9.17) is 13.6 Å². The van der Waals surface area contributed by atoms with Gasteiger partial charge in [0.1, 0.15) is 17.4 Å². The number of aromatic nitrogens is 5. The molecule has 9 nitrogen and oxygen atoms in total. The van der Waals surface area contributed by atoms with Gasteiger partial charge in [-0.15, -0.1) is 5.10 Å². The number of aryl methyl sites for hydroxylation is 1. The van der Waals surface area contributed by atoms with Crippen LogP contribution in [0.4, 0.5) is 11.6 Å². The molecular formula is C22H32N6O3. The highest BCUT2D eigenvalue weighted by Crippen LogP contribution is 2.55. The van der Waals surface area contributed by atoms with Gasteiger partial charge in [-0.05, 0) is 13.0 Å². The fourth-order valence-corrected chi connectivity index (χ4v) is 4.85. The van der Waals surface area contributed by atoms with Gasteiger partial charge in [0.05, 0.1) is 24.9 Å². The summed E-state index contributed by atoms with van der Waals surface area (Å²) < 4.78 is 37.6. The summed E-state index contributed by atoms with van der Waals surface area (Å²) in [5.74, 6) is 0.389. The Bertz CT molecular complexity index is 1170. The van der Waals surface area contributed by atoms with Crippen molar-refractivity contribution in [1.29, 1.82) is 0 Å². The Morgan fingerprint density at radius 1 is 1.32 bits per heavy atom. The maximum atomic E-state index is 10.5. The van der Waals surface area contributed by atoms with E-state index in [-0.39, 0.29) is 24.0 Å². The highest BCUT2D eigenvalue weighted by Gasteiger charge is 2.63. The second kappa shape index (κ2) is 7.49. The molecule has 4 rings (SSSR count). The molecule has 1 saturated carbocycles. The van der Waals surface area contributed by atoms with Gasteiger partial charge in [0.25, 0.3) is 5.88 Å². The first kappa shape index (κ1) is 18.0. The topological polar surface area (TPSA) is 99.3 Å². The number of hydrogen-bond donors (Lipinski definition) is 2. The van der Waals surface area contributed by atoms with Crippen molar-refractivity contribution in [1.82, 2.24) is 24.3 Å². The average molecular weight is 432 g/mol. The van der Waals surface area contributed by atoms with Crippen molar-refractivity contribution in [2.24, 2.45) is 17.8 Å². The van der Waals surface area contributed by atoms with E-state index in [9.17, 15) is 5.11 Å². The van der Waals surface area contributed by atoms with Crippen LogP contribution in [-0.4, -0.2) is 55.3 Å². The third-order valence-electron chi connectivity index (χ3n) is 6.26.